The Labute approximate surface area is 141 Å². The summed E-state index contributed by atoms with van der Waals surface area (Å²) in [7, 11) is 0. The molecule has 0 radical (unpaired) electrons. The summed E-state index contributed by atoms with van der Waals surface area (Å²) in [5.41, 5.74) is 3.27. The normalized spacial score (nSPS) is 17.0. The highest BCUT2D eigenvalue weighted by atomic mass is 16.5. The van der Waals surface area contributed by atoms with E-state index >= 15 is 0 Å². The van der Waals surface area contributed by atoms with Crippen molar-refractivity contribution < 1.29 is 18.7 Å². The van der Waals surface area contributed by atoms with E-state index in [1.807, 2.05) is 38.3 Å². The summed E-state index contributed by atoms with van der Waals surface area (Å²) in [5, 5.41) is 0. The molecular weight excluding hydrogens is 306 g/mol. The van der Waals surface area contributed by atoms with Crippen LogP contribution in [0.4, 0.5) is 0 Å². The maximum absolute atomic E-state index is 12.8. The molecule has 3 rings (SSSR count). The largest absolute Gasteiger partial charge is 0.462 e. The monoisotopic (exact) mass is 329 g/mol. The SMILES string of the molecule is Cc1coc(C(=O)c2c(C)cc3n2CCCC3C(=O)OC(C)C)c1. The number of carbonyl (C=O) groups is 2. The van der Waals surface area contributed by atoms with Crippen LogP contribution in [0.15, 0.2) is 22.8 Å². The second kappa shape index (κ2) is 6.30. The summed E-state index contributed by atoms with van der Waals surface area (Å²) < 4.78 is 12.7. The van der Waals surface area contributed by atoms with Gasteiger partial charge in [-0.15, -0.1) is 0 Å². The van der Waals surface area contributed by atoms with Gasteiger partial charge in [0.25, 0.3) is 0 Å². The van der Waals surface area contributed by atoms with E-state index < -0.39 is 0 Å². The minimum Gasteiger partial charge on any atom is -0.462 e. The highest BCUT2D eigenvalue weighted by molar-refractivity contribution is 6.07. The topological polar surface area (TPSA) is 61.4 Å². The lowest BCUT2D eigenvalue weighted by molar-refractivity contribution is -0.149. The Kier molecular flexibility index (Phi) is 4.35. The van der Waals surface area contributed by atoms with Gasteiger partial charge in [-0.3, -0.25) is 9.59 Å². The van der Waals surface area contributed by atoms with Crippen molar-refractivity contribution in [1.29, 1.82) is 0 Å². The fraction of sp³-hybridized carbons (Fsp3) is 0.474. The lowest BCUT2D eigenvalue weighted by Crippen LogP contribution is -2.27. The molecule has 1 atom stereocenters. The number of esters is 1. The Morgan fingerprint density at radius 2 is 2.04 bits per heavy atom. The van der Waals surface area contributed by atoms with Gasteiger partial charge >= 0.3 is 5.97 Å². The number of ketones is 1. The van der Waals surface area contributed by atoms with Gasteiger partial charge in [0.2, 0.25) is 5.78 Å². The lowest BCUT2D eigenvalue weighted by atomic mass is 9.96. The molecule has 5 nitrogen and oxygen atoms in total. The zero-order valence-corrected chi connectivity index (χ0v) is 14.6. The van der Waals surface area contributed by atoms with E-state index in [2.05, 4.69) is 0 Å². The fourth-order valence-electron chi connectivity index (χ4n) is 3.36. The molecule has 128 valence electrons. The maximum atomic E-state index is 12.8. The molecule has 0 amide bonds. The number of furan rings is 1. The predicted molar refractivity (Wildman–Crippen MR) is 89.2 cm³/mol. The van der Waals surface area contributed by atoms with Crippen molar-refractivity contribution in [2.75, 3.05) is 0 Å². The highest BCUT2D eigenvalue weighted by Gasteiger charge is 2.33. The van der Waals surface area contributed by atoms with E-state index in [9.17, 15) is 9.59 Å². The van der Waals surface area contributed by atoms with Crippen LogP contribution in [-0.4, -0.2) is 22.4 Å². The molecule has 2 aromatic rings. The number of nitrogens with zero attached hydrogens (tertiary/aromatic N) is 1. The quantitative estimate of drug-likeness (QED) is 0.633. The zero-order chi connectivity index (χ0) is 17.4. The average Bonchev–Trinajstić information content (AvgIpc) is 3.08. The van der Waals surface area contributed by atoms with Gasteiger partial charge in [-0.1, -0.05) is 0 Å². The first kappa shape index (κ1) is 16.6. The minimum absolute atomic E-state index is 0.135. The second-order valence-electron chi connectivity index (χ2n) is 6.75. The number of aryl methyl sites for hydroxylation is 2. The van der Waals surface area contributed by atoms with Crippen LogP contribution < -0.4 is 0 Å². The third-order valence-corrected chi connectivity index (χ3v) is 4.36. The van der Waals surface area contributed by atoms with Gasteiger partial charge in [-0.2, -0.15) is 0 Å². The molecule has 0 saturated carbocycles. The number of hydrogen-bond donors (Lipinski definition) is 0. The Bertz CT molecular complexity index is 781. The molecule has 0 bridgehead atoms. The lowest BCUT2D eigenvalue weighted by Gasteiger charge is -2.25. The second-order valence-corrected chi connectivity index (χ2v) is 6.75. The molecule has 1 aliphatic heterocycles. The fourth-order valence-corrected chi connectivity index (χ4v) is 3.36. The minimum atomic E-state index is -0.306. The van der Waals surface area contributed by atoms with Crippen molar-refractivity contribution in [3.05, 3.63) is 46.7 Å². The number of aromatic nitrogens is 1. The van der Waals surface area contributed by atoms with Crippen molar-refractivity contribution in [2.45, 2.75) is 59.1 Å². The van der Waals surface area contributed by atoms with E-state index in [1.165, 1.54) is 0 Å². The van der Waals surface area contributed by atoms with Gasteiger partial charge in [-0.05, 0) is 63.8 Å². The average molecular weight is 329 g/mol. The smallest absolute Gasteiger partial charge is 0.315 e. The van der Waals surface area contributed by atoms with E-state index in [4.69, 9.17) is 9.15 Å². The van der Waals surface area contributed by atoms with Crippen molar-refractivity contribution in [1.82, 2.24) is 4.57 Å². The van der Waals surface area contributed by atoms with Gasteiger partial charge in [0.15, 0.2) is 5.76 Å². The number of fused-ring (bicyclic) bond motifs is 1. The molecule has 0 N–H and O–H groups in total. The van der Waals surface area contributed by atoms with Gasteiger partial charge < -0.3 is 13.7 Å². The Morgan fingerprint density at radius 3 is 2.67 bits per heavy atom. The standard InChI is InChI=1S/C19H23NO4/c1-11(2)24-19(22)14-6-5-7-20-15(14)9-13(4)17(20)18(21)16-8-12(3)10-23-16/h8-11,14H,5-7H2,1-4H3. The summed E-state index contributed by atoms with van der Waals surface area (Å²) >= 11 is 0. The molecule has 5 heteroatoms. The molecular formula is C19H23NO4. The number of ether oxygens (including phenoxy) is 1. The summed E-state index contributed by atoms with van der Waals surface area (Å²) in [6.45, 7) is 8.21. The molecule has 0 saturated heterocycles. The zero-order valence-electron chi connectivity index (χ0n) is 14.6. The van der Waals surface area contributed by atoms with Gasteiger partial charge in [0.1, 0.15) is 0 Å². The summed E-state index contributed by atoms with van der Waals surface area (Å²) in [4.78, 5) is 25.2. The molecule has 2 aromatic heterocycles. The van der Waals surface area contributed by atoms with Crippen LogP contribution in [0.25, 0.3) is 0 Å². The van der Waals surface area contributed by atoms with Crippen molar-refractivity contribution in [2.24, 2.45) is 0 Å². The highest BCUT2D eigenvalue weighted by Crippen LogP contribution is 2.33. The number of carbonyl (C=O) groups excluding carboxylic acids is 2. The van der Waals surface area contributed by atoms with Crippen LogP contribution in [0.1, 0.15) is 65.7 Å². The molecule has 0 aliphatic carbocycles. The van der Waals surface area contributed by atoms with Gasteiger partial charge in [0, 0.05) is 12.2 Å². The molecule has 1 unspecified atom stereocenters. The van der Waals surface area contributed by atoms with E-state index in [1.54, 1.807) is 12.3 Å². The summed E-state index contributed by atoms with van der Waals surface area (Å²) in [5.74, 6) is -0.316. The first-order valence-corrected chi connectivity index (χ1v) is 8.39. The van der Waals surface area contributed by atoms with Crippen LogP contribution in [0.5, 0.6) is 0 Å². The first-order chi connectivity index (χ1) is 11.4. The third kappa shape index (κ3) is 2.90. The summed E-state index contributed by atoms with van der Waals surface area (Å²) in [6, 6.07) is 3.68. The van der Waals surface area contributed by atoms with Crippen LogP contribution in [0.2, 0.25) is 0 Å². The molecule has 0 spiro atoms. The first-order valence-electron chi connectivity index (χ1n) is 8.39. The van der Waals surface area contributed by atoms with Crippen LogP contribution in [0.3, 0.4) is 0 Å². The van der Waals surface area contributed by atoms with Crippen LogP contribution in [-0.2, 0) is 16.1 Å². The molecule has 0 aromatic carbocycles. The molecule has 24 heavy (non-hydrogen) atoms. The molecule has 3 heterocycles. The predicted octanol–water partition coefficient (Wildman–Crippen LogP) is 3.76. The van der Waals surface area contributed by atoms with E-state index in [0.717, 1.165) is 36.2 Å². The van der Waals surface area contributed by atoms with Crippen LogP contribution in [0, 0.1) is 13.8 Å². The van der Waals surface area contributed by atoms with Gasteiger partial charge in [0.05, 0.1) is 24.0 Å². The third-order valence-electron chi connectivity index (χ3n) is 4.36. The van der Waals surface area contributed by atoms with E-state index in [-0.39, 0.29) is 23.8 Å². The Hall–Kier alpha value is -2.30. The van der Waals surface area contributed by atoms with Crippen molar-refractivity contribution >= 4 is 11.8 Å². The Morgan fingerprint density at radius 1 is 1.29 bits per heavy atom. The Balaban J connectivity index is 1.98. The number of hydrogen-bond acceptors (Lipinski definition) is 4. The van der Waals surface area contributed by atoms with Crippen LogP contribution >= 0.6 is 0 Å². The maximum Gasteiger partial charge on any atom is 0.315 e. The van der Waals surface area contributed by atoms with Crippen molar-refractivity contribution in [3.63, 3.8) is 0 Å². The molecule has 1 aliphatic rings. The van der Waals surface area contributed by atoms with E-state index in [0.29, 0.717) is 11.5 Å². The summed E-state index contributed by atoms with van der Waals surface area (Å²) in [6.07, 6.45) is 3.03. The van der Waals surface area contributed by atoms with Crippen molar-refractivity contribution in [3.8, 4) is 0 Å². The van der Waals surface area contributed by atoms with Gasteiger partial charge in [-0.25, -0.2) is 0 Å². The molecule has 0 fully saturated rings. The number of rotatable bonds is 4.